The number of aromatic nitrogens is 2. The molecule has 53 heavy (non-hydrogen) atoms. The average Bonchev–Trinajstić information content (AvgIpc) is 3.66. The Morgan fingerprint density at radius 2 is 1.04 bits per heavy atom. The van der Waals surface area contributed by atoms with Gasteiger partial charge in [-0.15, -0.1) is 0 Å². The van der Waals surface area contributed by atoms with Crippen LogP contribution in [0, 0.1) is 32.1 Å². The summed E-state index contributed by atoms with van der Waals surface area (Å²) in [6, 6.07) is 47.1. The Kier molecular flexibility index (Phi) is 7.32. The van der Waals surface area contributed by atoms with Crippen molar-refractivity contribution in [2.75, 3.05) is 0 Å². The lowest BCUT2D eigenvalue weighted by molar-refractivity contribution is -0.137. The lowest BCUT2D eigenvalue weighted by atomic mass is 9.91. The largest absolute Gasteiger partial charge is 0.417 e. The maximum absolute atomic E-state index is 14.6. The minimum absolute atomic E-state index is 0.155. The molecule has 0 aliphatic rings. The van der Waals surface area contributed by atoms with Gasteiger partial charge in [0.1, 0.15) is 0 Å². The van der Waals surface area contributed by atoms with E-state index < -0.39 is 11.7 Å². The number of benzene rings is 7. The summed E-state index contributed by atoms with van der Waals surface area (Å²) in [5.41, 5.74) is 10.3. The molecule has 0 radical (unpaired) electrons. The van der Waals surface area contributed by atoms with Gasteiger partial charge in [0.15, 0.2) is 0 Å². The van der Waals surface area contributed by atoms with E-state index in [4.69, 9.17) is 0 Å². The van der Waals surface area contributed by atoms with Crippen LogP contribution < -0.4 is 0 Å². The average molecular weight is 696 g/mol. The zero-order valence-corrected chi connectivity index (χ0v) is 29.3. The fraction of sp³-hybridized carbons (Fsp3) is 0.0851. The highest BCUT2D eigenvalue weighted by Crippen LogP contribution is 2.45. The van der Waals surface area contributed by atoms with Gasteiger partial charge in [0, 0.05) is 32.7 Å². The summed E-state index contributed by atoms with van der Waals surface area (Å²) < 4.78 is 48.2. The summed E-state index contributed by atoms with van der Waals surface area (Å²) in [5, 5.41) is 14.5. The Morgan fingerprint density at radius 3 is 1.60 bits per heavy atom. The van der Waals surface area contributed by atoms with E-state index in [0.29, 0.717) is 16.7 Å². The lowest BCUT2D eigenvalue weighted by Crippen LogP contribution is -2.08. The van der Waals surface area contributed by atoms with E-state index in [1.54, 1.807) is 19.1 Å². The second kappa shape index (κ2) is 12.0. The van der Waals surface area contributed by atoms with Gasteiger partial charge in [-0.1, -0.05) is 90.0 Å². The van der Waals surface area contributed by atoms with Gasteiger partial charge in [0.25, 0.3) is 0 Å². The maximum Gasteiger partial charge on any atom is 0.417 e. The van der Waals surface area contributed by atoms with Crippen LogP contribution >= 0.6 is 0 Å². The number of fused-ring (bicyclic) bond motifs is 6. The van der Waals surface area contributed by atoms with E-state index in [0.717, 1.165) is 83.3 Å². The van der Waals surface area contributed by atoms with E-state index in [2.05, 4.69) is 89.7 Å². The molecule has 0 amide bonds. The molecule has 0 saturated heterocycles. The van der Waals surface area contributed by atoms with Crippen LogP contribution in [-0.2, 0) is 6.18 Å². The molecule has 256 valence electrons. The normalized spacial score (nSPS) is 11.9. The molecule has 9 rings (SSSR count). The lowest BCUT2D eigenvalue weighted by Gasteiger charge is -2.21. The summed E-state index contributed by atoms with van der Waals surface area (Å²) in [6.45, 7) is 5.86. The fourth-order valence-electron chi connectivity index (χ4n) is 8.09. The molecule has 2 heterocycles. The highest BCUT2D eigenvalue weighted by atomic mass is 19.4. The fourth-order valence-corrected chi connectivity index (χ4v) is 8.09. The molecule has 7 aromatic carbocycles. The number of hydrogen-bond donors (Lipinski definition) is 0. The standard InChI is InChI=1S/C47H32F3N3/c1-28-15-21-42-37(23-28)33-10-4-6-13-40(33)52(42)44-25-31(27-51)17-19-35(44)36-20-18-32(46-30(3)9-8-12-39(46)47(48,49)50)26-45(36)53-41-14-7-5-11-34(41)38-24-29(2)16-22-43(38)53/h4-26H,1-3H3. The van der Waals surface area contributed by atoms with E-state index in [1.165, 1.54) is 6.07 Å². The summed E-state index contributed by atoms with van der Waals surface area (Å²) in [6.07, 6.45) is -4.54. The van der Waals surface area contributed by atoms with Crippen LogP contribution in [-0.4, -0.2) is 9.13 Å². The van der Waals surface area contributed by atoms with Crippen molar-refractivity contribution in [1.29, 1.82) is 5.26 Å². The first kappa shape index (κ1) is 32.3. The summed E-state index contributed by atoms with van der Waals surface area (Å²) in [7, 11) is 0. The molecule has 0 aliphatic carbocycles. The van der Waals surface area contributed by atoms with Crippen LogP contribution in [0.1, 0.15) is 27.8 Å². The zero-order chi connectivity index (χ0) is 36.6. The van der Waals surface area contributed by atoms with Crippen molar-refractivity contribution >= 4 is 43.6 Å². The van der Waals surface area contributed by atoms with E-state index in [1.807, 2.05) is 54.6 Å². The molecule has 0 bridgehead atoms. The van der Waals surface area contributed by atoms with Gasteiger partial charge >= 0.3 is 6.18 Å². The number of aryl methyl sites for hydroxylation is 3. The Labute approximate surface area is 304 Å². The van der Waals surface area contributed by atoms with Gasteiger partial charge in [-0.3, -0.25) is 0 Å². The summed E-state index contributed by atoms with van der Waals surface area (Å²) >= 11 is 0. The van der Waals surface area contributed by atoms with Crippen molar-refractivity contribution in [3.63, 3.8) is 0 Å². The number of nitriles is 1. The zero-order valence-electron chi connectivity index (χ0n) is 29.3. The molecule has 3 nitrogen and oxygen atoms in total. The smallest absolute Gasteiger partial charge is 0.309 e. The minimum Gasteiger partial charge on any atom is -0.309 e. The molecule has 9 aromatic rings. The molecule has 0 atom stereocenters. The van der Waals surface area contributed by atoms with Crippen molar-refractivity contribution in [3.05, 3.63) is 167 Å². The molecular formula is C47H32F3N3. The molecule has 6 heteroatoms. The van der Waals surface area contributed by atoms with Crippen LogP contribution in [0.3, 0.4) is 0 Å². The van der Waals surface area contributed by atoms with Crippen LogP contribution in [0.5, 0.6) is 0 Å². The second-order valence-electron chi connectivity index (χ2n) is 13.8. The SMILES string of the molecule is Cc1ccc2c(c1)c1ccccc1n2-c1cc(C#N)ccc1-c1ccc(-c2c(C)cccc2C(F)(F)F)cc1-n1c2ccccc2c2cc(C)ccc21. The van der Waals surface area contributed by atoms with Crippen LogP contribution in [0.4, 0.5) is 13.2 Å². The second-order valence-corrected chi connectivity index (χ2v) is 13.8. The Bertz CT molecular complexity index is 2990. The van der Waals surface area contributed by atoms with Crippen molar-refractivity contribution < 1.29 is 13.2 Å². The Morgan fingerprint density at radius 1 is 0.509 bits per heavy atom. The van der Waals surface area contributed by atoms with Crippen LogP contribution in [0.15, 0.2) is 140 Å². The van der Waals surface area contributed by atoms with Crippen molar-refractivity contribution in [1.82, 2.24) is 9.13 Å². The first-order valence-electron chi connectivity index (χ1n) is 17.5. The van der Waals surface area contributed by atoms with Crippen molar-refractivity contribution in [3.8, 4) is 39.7 Å². The Balaban J connectivity index is 1.43. The predicted octanol–water partition coefficient (Wildman–Crippen LogP) is 13.0. The molecule has 0 unspecified atom stereocenters. The molecule has 0 spiro atoms. The highest BCUT2D eigenvalue weighted by Gasteiger charge is 2.34. The van der Waals surface area contributed by atoms with Gasteiger partial charge in [-0.25, -0.2) is 0 Å². The molecule has 2 aromatic heterocycles. The third-order valence-electron chi connectivity index (χ3n) is 10.4. The summed E-state index contributed by atoms with van der Waals surface area (Å²) in [5.74, 6) is 0. The van der Waals surface area contributed by atoms with Crippen LogP contribution in [0.2, 0.25) is 0 Å². The van der Waals surface area contributed by atoms with E-state index >= 15 is 0 Å². The molecule has 0 N–H and O–H groups in total. The van der Waals surface area contributed by atoms with Gasteiger partial charge in [0.05, 0.1) is 50.6 Å². The minimum atomic E-state index is -4.54. The predicted molar refractivity (Wildman–Crippen MR) is 210 cm³/mol. The number of alkyl halides is 3. The van der Waals surface area contributed by atoms with Crippen LogP contribution in [0.25, 0.3) is 77.2 Å². The van der Waals surface area contributed by atoms with Gasteiger partial charge in [-0.05, 0) is 98.1 Å². The number of rotatable bonds is 4. The van der Waals surface area contributed by atoms with Crippen molar-refractivity contribution in [2.45, 2.75) is 26.9 Å². The molecule has 0 saturated carbocycles. The molecular weight excluding hydrogens is 664 g/mol. The van der Waals surface area contributed by atoms with E-state index in [9.17, 15) is 18.4 Å². The molecule has 0 fully saturated rings. The first-order chi connectivity index (χ1) is 25.6. The van der Waals surface area contributed by atoms with Gasteiger partial charge in [-0.2, -0.15) is 18.4 Å². The summed E-state index contributed by atoms with van der Waals surface area (Å²) in [4.78, 5) is 0. The van der Waals surface area contributed by atoms with Gasteiger partial charge < -0.3 is 9.13 Å². The number of hydrogen-bond acceptors (Lipinski definition) is 1. The molecule has 0 aliphatic heterocycles. The third-order valence-corrected chi connectivity index (χ3v) is 10.4. The third kappa shape index (κ3) is 5.11. The number of halogens is 3. The van der Waals surface area contributed by atoms with Crippen molar-refractivity contribution in [2.24, 2.45) is 0 Å². The van der Waals surface area contributed by atoms with Gasteiger partial charge in [0.2, 0.25) is 0 Å². The maximum atomic E-state index is 14.6. The van der Waals surface area contributed by atoms with E-state index in [-0.39, 0.29) is 5.56 Å². The monoisotopic (exact) mass is 695 g/mol. The topological polar surface area (TPSA) is 33.6 Å². The quantitative estimate of drug-likeness (QED) is 0.180. The Hall–Kier alpha value is -6.58. The highest BCUT2D eigenvalue weighted by molar-refractivity contribution is 6.12. The number of para-hydroxylation sites is 2. The first-order valence-corrected chi connectivity index (χ1v) is 17.5. The number of nitrogens with zero attached hydrogens (tertiary/aromatic N) is 3.